The summed E-state index contributed by atoms with van der Waals surface area (Å²) in [6.45, 7) is 4.82. The summed E-state index contributed by atoms with van der Waals surface area (Å²) in [6, 6.07) is 18.4. The molecular weight excluding hydrogens is 338 g/mol. The monoisotopic (exact) mass is 361 g/mol. The second kappa shape index (κ2) is 8.99. The number of aromatic nitrogens is 1. The Hall–Kier alpha value is -3.14. The Morgan fingerprint density at radius 3 is 2.19 bits per heavy atom. The smallest absolute Gasteiger partial charge is 0.343 e. The van der Waals surface area contributed by atoms with Gasteiger partial charge in [-0.05, 0) is 60.9 Å². The van der Waals surface area contributed by atoms with Crippen molar-refractivity contribution in [3.8, 4) is 22.8 Å². The van der Waals surface area contributed by atoms with Crippen molar-refractivity contribution in [3.63, 3.8) is 0 Å². The van der Waals surface area contributed by atoms with E-state index in [2.05, 4.69) is 24.9 Å². The number of carbonyl (C=O) groups is 1. The third-order valence-corrected chi connectivity index (χ3v) is 4.16. The van der Waals surface area contributed by atoms with Crippen molar-refractivity contribution in [2.75, 3.05) is 6.61 Å². The van der Waals surface area contributed by atoms with Crippen molar-refractivity contribution in [1.82, 2.24) is 4.98 Å². The fourth-order valence-corrected chi connectivity index (χ4v) is 2.57. The summed E-state index contributed by atoms with van der Waals surface area (Å²) in [5, 5.41) is 0. The zero-order chi connectivity index (χ0) is 19.1. The number of esters is 1. The molecule has 4 heteroatoms. The van der Waals surface area contributed by atoms with Crippen molar-refractivity contribution in [2.24, 2.45) is 0 Å². The number of hydrogen-bond donors (Lipinski definition) is 0. The molecule has 0 saturated heterocycles. The number of pyridine rings is 1. The van der Waals surface area contributed by atoms with Gasteiger partial charge in [-0.1, -0.05) is 32.0 Å². The summed E-state index contributed by atoms with van der Waals surface area (Å²) in [4.78, 5) is 16.8. The van der Waals surface area contributed by atoms with Crippen molar-refractivity contribution < 1.29 is 14.3 Å². The average molecular weight is 361 g/mol. The first-order chi connectivity index (χ1) is 13.2. The molecule has 138 valence electrons. The predicted octanol–water partition coefficient (Wildman–Crippen LogP) is 5.32. The first-order valence-electron chi connectivity index (χ1n) is 9.20. The van der Waals surface area contributed by atoms with Crippen molar-refractivity contribution in [3.05, 3.63) is 78.0 Å². The van der Waals surface area contributed by atoms with Gasteiger partial charge >= 0.3 is 5.97 Å². The number of benzene rings is 2. The summed E-state index contributed by atoms with van der Waals surface area (Å²) >= 11 is 0. The van der Waals surface area contributed by atoms with E-state index in [4.69, 9.17) is 9.47 Å². The van der Waals surface area contributed by atoms with Crippen LogP contribution in [0, 0.1) is 0 Å². The molecule has 27 heavy (non-hydrogen) atoms. The molecule has 0 fully saturated rings. The van der Waals surface area contributed by atoms with Crippen LogP contribution in [0.4, 0.5) is 0 Å². The molecule has 0 aliphatic rings. The van der Waals surface area contributed by atoms with Gasteiger partial charge in [-0.2, -0.15) is 0 Å². The van der Waals surface area contributed by atoms with Crippen molar-refractivity contribution >= 4 is 5.97 Å². The zero-order valence-electron chi connectivity index (χ0n) is 15.6. The number of aryl methyl sites for hydroxylation is 1. The number of carbonyl (C=O) groups excluding carboxylic acids is 1. The Bertz CT molecular complexity index is 869. The summed E-state index contributed by atoms with van der Waals surface area (Å²) < 4.78 is 10.9. The lowest BCUT2D eigenvalue weighted by Crippen LogP contribution is -2.08. The summed E-state index contributed by atoms with van der Waals surface area (Å²) in [5.74, 6) is 0.866. The molecule has 0 spiro atoms. The Morgan fingerprint density at radius 2 is 1.59 bits per heavy atom. The fourth-order valence-electron chi connectivity index (χ4n) is 2.57. The van der Waals surface area contributed by atoms with Gasteiger partial charge in [0, 0.05) is 11.8 Å². The van der Waals surface area contributed by atoms with Crippen LogP contribution in [-0.2, 0) is 6.42 Å². The van der Waals surface area contributed by atoms with Crippen LogP contribution in [0.15, 0.2) is 66.9 Å². The highest BCUT2D eigenvalue weighted by Gasteiger charge is 2.09. The lowest BCUT2D eigenvalue weighted by atomic mass is 10.1. The van der Waals surface area contributed by atoms with Gasteiger partial charge < -0.3 is 9.47 Å². The Balaban J connectivity index is 1.64. The minimum Gasteiger partial charge on any atom is -0.494 e. The van der Waals surface area contributed by atoms with E-state index in [0.29, 0.717) is 17.9 Å². The molecule has 0 radical (unpaired) electrons. The molecule has 1 aromatic heterocycles. The van der Waals surface area contributed by atoms with E-state index in [9.17, 15) is 4.79 Å². The van der Waals surface area contributed by atoms with Crippen LogP contribution in [0.3, 0.4) is 0 Å². The van der Waals surface area contributed by atoms with E-state index in [1.54, 1.807) is 36.4 Å². The first-order valence-corrected chi connectivity index (χ1v) is 9.20. The molecule has 0 aliphatic heterocycles. The van der Waals surface area contributed by atoms with Gasteiger partial charge in [0.05, 0.1) is 17.9 Å². The van der Waals surface area contributed by atoms with E-state index in [0.717, 1.165) is 29.8 Å². The normalized spacial score (nSPS) is 10.4. The molecule has 3 rings (SSSR count). The lowest BCUT2D eigenvalue weighted by Gasteiger charge is -2.08. The largest absolute Gasteiger partial charge is 0.494 e. The van der Waals surface area contributed by atoms with Crippen LogP contribution in [-0.4, -0.2) is 17.6 Å². The molecule has 0 bridgehead atoms. The van der Waals surface area contributed by atoms with E-state index >= 15 is 0 Å². The number of ether oxygens (including phenoxy) is 2. The average Bonchev–Trinajstić information content (AvgIpc) is 2.73. The lowest BCUT2D eigenvalue weighted by molar-refractivity contribution is 0.0734. The third-order valence-electron chi connectivity index (χ3n) is 4.16. The highest BCUT2D eigenvalue weighted by atomic mass is 16.5. The SMILES string of the molecule is CCCOc1ccc(OC(=O)c2ccc(-c3ccc(CC)cn3)cc2)cc1. The molecule has 0 unspecified atom stereocenters. The molecule has 0 amide bonds. The van der Waals surface area contributed by atoms with Gasteiger partial charge in [0.25, 0.3) is 0 Å². The van der Waals surface area contributed by atoms with Crippen LogP contribution >= 0.6 is 0 Å². The molecule has 2 aromatic carbocycles. The van der Waals surface area contributed by atoms with Gasteiger partial charge in [0.2, 0.25) is 0 Å². The minimum absolute atomic E-state index is 0.391. The van der Waals surface area contributed by atoms with E-state index < -0.39 is 5.97 Å². The van der Waals surface area contributed by atoms with Gasteiger partial charge in [0.1, 0.15) is 11.5 Å². The standard InChI is InChI=1S/C23H23NO3/c1-3-15-26-20-10-12-21(13-11-20)27-23(25)19-8-6-18(7-9-19)22-14-5-17(4-2)16-24-22/h5-14,16H,3-4,15H2,1-2H3. The summed E-state index contributed by atoms with van der Waals surface area (Å²) in [7, 11) is 0. The van der Waals surface area contributed by atoms with Crippen LogP contribution in [0.5, 0.6) is 11.5 Å². The first kappa shape index (κ1) is 18.6. The molecule has 0 saturated carbocycles. The van der Waals surface area contributed by atoms with Crippen LogP contribution in [0.25, 0.3) is 11.3 Å². The second-order valence-electron chi connectivity index (χ2n) is 6.19. The Morgan fingerprint density at radius 1 is 0.889 bits per heavy atom. The van der Waals surface area contributed by atoms with E-state index in [-0.39, 0.29) is 0 Å². The van der Waals surface area contributed by atoms with Gasteiger partial charge in [-0.25, -0.2) is 4.79 Å². The van der Waals surface area contributed by atoms with E-state index in [1.165, 1.54) is 5.56 Å². The maximum atomic E-state index is 12.3. The Labute approximate surface area is 159 Å². The number of nitrogens with zero attached hydrogens (tertiary/aromatic N) is 1. The quantitative estimate of drug-likeness (QED) is 0.422. The molecule has 0 atom stereocenters. The van der Waals surface area contributed by atoms with Gasteiger partial charge in [-0.3, -0.25) is 4.98 Å². The van der Waals surface area contributed by atoms with E-state index in [1.807, 2.05) is 24.4 Å². The van der Waals surface area contributed by atoms with Gasteiger partial charge in [-0.15, -0.1) is 0 Å². The molecule has 3 aromatic rings. The molecule has 4 nitrogen and oxygen atoms in total. The fraction of sp³-hybridized carbons (Fsp3) is 0.217. The molecule has 1 heterocycles. The van der Waals surface area contributed by atoms with Crippen LogP contribution in [0.1, 0.15) is 36.2 Å². The van der Waals surface area contributed by atoms with Gasteiger partial charge in [0.15, 0.2) is 0 Å². The Kier molecular flexibility index (Phi) is 6.21. The summed E-state index contributed by atoms with van der Waals surface area (Å²) in [5.41, 5.74) is 3.54. The summed E-state index contributed by atoms with van der Waals surface area (Å²) in [6.07, 6.45) is 3.79. The van der Waals surface area contributed by atoms with Crippen LogP contribution < -0.4 is 9.47 Å². The predicted molar refractivity (Wildman–Crippen MR) is 106 cm³/mol. The van der Waals surface area contributed by atoms with Crippen LogP contribution in [0.2, 0.25) is 0 Å². The second-order valence-corrected chi connectivity index (χ2v) is 6.19. The van der Waals surface area contributed by atoms with Crippen molar-refractivity contribution in [1.29, 1.82) is 0 Å². The zero-order valence-corrected chi connectivity index (χ0v) is 15.6. The minimum atomic E-state index is -0.391. The van der Waals surface area contributed by atoms with Crippen molar-refractivity contribution in [2.45, 2.75) is 26.7 Å². The molecule has 0 aliphatic carbocycles. The highest BCUT2D eigenvalue weighted by Crippen LogP contribution is 2.21. The number of hydrogen-bond acceptors (Lipinski definition) is 4. The molecule has 0 N–H and O–H groups in total. The topological polar surface area (TPSA) is 48.4 Å². The molecular formula is C23H23NO3. The maximum absolute atomic E-state index is 12.3. The third kappa shape index (κ3) is 4.94. The maximum Gasteiger partial charge on any atom is 0.343 e. The number of rotatable bonds is 7. The highest BCUT2D eigenvalue weighted by molar-refractivity contribution is 5.91.